The van der Waals surface area contributed by atoms with E-state index in [0.29, 0.717) is 41.6 Å². The van der Waals surface area contributed by atoms with Gasteiger partial charge in [-0.3, -0.25) is 0 Å². The minimum absolute atomic E-state index is 0.193. The van der Waals surface area contributed by atoms with Gasteiger partial charge >= 0.3 is 0 Å². The van der Waals surface area contributed by atoms with E-state index in [2.05, 4.69) is 20.3 Å². The summed E-state index contributed by atoms with van der Waals surface area (Å²) in [4.78, 5) is 14.2. The van der Waals surface area contributed by atoms with E-state index in [4.69, 9.17) is 9.97 Å². The molecule has 4 aromatic rings. The summed E-state index contributed by atoms with van der Waals surface area (Å²) in [7, 11) is -3.66. The molecule has 10 nitrogen and oxygen atoms in total. The monoisotopic (exact) mass is 563 g/mol. The maximum atomic E-state index is 13.0. The number of aliphatic hydroxyl groups is 1. The highest BCUT2D eigenvalue weighted by Gasteiger charge is 2.22. The summed E-state index contributed by atoms with van der Waals surface area (Å²) >= 11 is 0. The Hall–Kier alpha value is -3.54. The van der Waals surface area contributed by atoms with Crippen LogP contribution in [-0.2, 0) is 23.0 Å². The highest BCUT2D eigenvalue weighted by molar-refractivity contribution is 7.89. The molecule has 2 aromatic carbocycles. The second-order valence-electron chi connectivity index (χ2n) is 10.4. The van der Waals surface area contributed by atoms with Crippen LogP contribution in [0.4, 0.5) is 17.5 Å². The predicted octanol–water partition coefficient (Wildman–Crippen LogP) is 4.60. The molecule has 4 N–H and O–H groups in total. The van der Waals surface area contributed by atoms with Crippen molar-refractivity contribution in [2.24, 2.45) is 0 Å². The molecule has 0 spiro atoms. The van der Waals surface area contributed by atoms with E-state index < -0.39 is 10.0 Å². The zero-order chi connectivity index (χ0) is 28.1. The Kier molecular flexibility index (Phi) is 8.63. The third-order valence-electron chi connectivity index (χ3n) is 7.33. The van der Waals surface area contributed by atoms with E-state index in [1.807, 2.05) is 48.7 Å². The van der Waals surface area contributed by atoms with E-state index in [9.17, 15) is 13.5 Å². The van der Waals surface area contributed by atoms with E-state index in [0.717, 1.165) is 32.1 Å². The molecule has 0 amide bonds. The number of nitrogens with zero attached hydrogens (tertiary/aromatic N) is 4. The fourth-order valence-corrected chi connectivity index (χ4v) is 6.28. The van der Waals surface area contributed by atoms with Crippen molar-refractivity contribution in [3.05, 3.63) is 66.5 Å². The number of nitrogens with one attached hydrogen (secondary N) is 3. The van der Waals surface area contributed by atoms with Crippen molar-refractivity contribution in [1.82, 2.24) is 24.2 Å². The largest absolute Gasteiger partial charge is 0.393 e. The van der Waals surface area contributed by atoms with Crippen LogP contribution < -0.4 is 15.4 Å². The zero-order valence-corrected chi connectivity index (χ0v) is 23.7. The third-order valence-corrected chi connectivity index (χ3v) is 8.93. The van der Waals surface area contributed by atoms with Gasteiger partial charge in [0.05, 0.1) is 17.3 Å². The summed E-state index contributed by atoms with van der Waals surface area (Å²) in [6.07, 6.45) is 6.23. The van der Waals surface area contributed by atoms with E-state index in [1.54, 1.807) is 30.6 Å². The molecule has 0 bridgehead atoms. The number of aromatic nitrogens is 4. The minimum atomic E-state index is -3.66. The Morgan fingerprint density at radius 3 is 2.45 bits per heavy atom. The molecule has 1 atom stereocenters. The van der Waals surface area contributed by atoms with Gasteiger partial charge in [0, 0.05) is 24.3 Å². The smallest absolute Gasteiger partial charge is 0.240 e. The second kappa shape index (κ2) is 12.3. The molecule has 1 saturated carbocycles. The molecule has 0 radical (unpaired) electrons. The molecule has 1 fully saturated rings. The van der Waals surface area contributed by atoms with Crippen molar-refractivity contribution in [1.29, 1.82) is 0 Å². The third kappa shape index (κ3) is 6.78. The average Bonchev–Trinajstić information content (AvgIpc) is 3.37. The van der Waals surface area contributed by atoms with Crippen molar-refractivity contribution in [2.75, 3.05) is 10.6 Å². The number of imidazole rings is 1. The van der Waals surface area contributed by atoms with Crippen LogP contribution in [-0.4, -0.2) is 51.2 Å². The molecule has 1 aliphatic carbocycles. The Morgan fingerprint density at radius 2 is 1.75 bits per heavy atom. The van der Waals surface area contributed by atoms with Crippen LogP contribution >= 0.6 is 0 Å². The van der Waals surface area contributed by atoms with Crippen molar-refractivity contribution in [3.8, 4) is 0 Å². The van der Waals surface area contributed by atoms with Crippen LogP contribution in [0.25, 0.3) is 11.2 Å². The van der Waals surface area contributed by atoms with Crippen LogP contribution in [0.3, 0.4) is 0 Å². The van der Waals surface area contributed by atoms with Crippen LogP contribution in [0.15, 0.2) is 65.8 Å². The fraction of sp³-hybridized carbons (Fsp3) is 0.414. The van der Waals surface area contributed by atoms with E-state index >= 15 is 0 Å². The number of anilines is 3. The van der Waals surface area contributed by atoms with Crippen LogP contribution in [0.2, 0.25) is 0 Å². The number of hydrogen-bond acceptors (Lipinski definition) is 8. The maximum Gasteiger partial charge on any atom is 0.240 e. The van der Waals surface area contributed by atoms with Gasteiger partial charge in [0.15, 0.2) is 17.0 Å². The summed E-state index contributed by atoms with van der Waals surface area (Å²) < 4.78 is 30.7. The average molecular weight is 564 g/mol. The number of rotatable bonds is 11. The maximum absolute atomic E-state index is 13.0. The number of sulfonamides is 1. The molecule has 212 valence electrons. The first kappa shape index (κ1) is 28.0. The molecule has 0 saturated heterocycles. The number of hydrogen-bond donors (Lipinski definition) is 4. The lowest BCUT2D eigenvalue weighted by Crippen LogP contribution is -2.32. The van der Waals surface area contributed by atoms with E-state index in [1.165, 1.54) is 5.56 Å². The summed E-state index contributed by atoms with van der Waals surface area (Å²) in [6, 6.07) is 16.7. The highest BCUT2D eigenvalue weighted by Crippen LogP contribution is 2.27. The molecule has 2 aromatic heterocycles. The van der Waals surface area contributed by atoms with Gasteiger partial charge in [0.1, 0.15) is 0 Å². The standard InChI is InChI=1S/C29H37N7O3S/c1-3-36-19-30-26-27(33-29(34-28(26)36)32-23-11-15-24(37)16-12-23)31-22-13-17-25(18-14-22)40(38,39)35-20(2)9-10-21-7-5-4-6-8-21/h4-8,13-14,17-20,23-24,35,37H,3,9-12,15-16H2,1-2H3,(H2,31,32,33,34)/t20?,23-,24-. The van der Waals surface area contributed by atoms with E-state index in [-0.39, 0.29) is 23.1 Å². The lowest BCUT2D eigenvalue weighted by molar-refractivity contribution is 0.126. The van der Waals surface area contributed by atoms with Gasteiger partial charge in [-0.15, -0.1) is 0 Å². The SMILES string of the molecule is CCn1cnc2c(Nc3ccc(S(=O)(=O)NC(C)CCc4ccccc4)cc3)nc(N[C@H]3CC[C@H](O)CC3)nc21. The van der Waals surface area contributed by atoms with Crippen molar-refractivity contribution in [2.45, 2.75) is 82.0 Å². The van der Waals surface area contributed by atoms with Crippen molar-refractivity contribution in [3.63, 3.8) is 0 Å². The lowest BCUT2D eigenvalue weighted by atomic mass is 9.93. The highest BCUT2D eigenvalue weighted by atomic mass is 32.2. The Bertz CT molecular complexity index is 1520. The number of aliphatic hydroxyl groups excluding tert-OH is 1. The van der Waals surface area contributed by atoms with Crippen LogP contribution in [0, 0.1) is 0 Å². The first-order valence-electron chi connectivity index (χ1n) is 13.9. The van der Waals surface area contributed by atoms with Gasteiger partial charge in [0.25, 0.3) is 0 Å². The molecule has 40 heavy (non-hydrogen) atoms. The first-order valence-corrected chi connectivity index (χ1v) is 15.4. The summed E-state index contributed by atoms with van der Waals surface area (Å²) in [6.45, 7) is 4.63. The first-order chi connectivity index (χ1) is 19.3. The molecule has 0 aliphatic heterocycles. The topological polar surface area (TPSA) is 134 Å². The molecule has 11 heteroatoms. The number of aryl methyl sites for hydroxylation is 2. The van der Waals surface area contributed by atoms with Crippen molar-refractivity contribution < 1.29 is 13.5 Å². The molecule has 2 heterocycles. The minimum Gasteiger partial charge on any atom is -0.393 e. The Morgan fingerprint density at radius 1 is 1.02 bits per heavy atom. The fourth-order valence-electron chi connectivity index (χ4n) is 5.00. The molecular formula is C29H37N7O3S. The van der Waals surface area contributed by atoms with Crippen molar-refractivity contribution >= 4 is 38.6 Å². The van der Waals surface area contributed by atoms with Gasteiger partial charge in [-0.2, -0.15) is 9.97 Å². The molecule has 1 unspecified atom stereocenters. The van der Waals surface area contributed by atoms with Gasteiger partial charge in [-0.05, 0) is 82.2 Å². The lowest BCUT2D eigenvalue weighted by Gasteiger charge is -2.26. The van der Waals surface area contributed by atoms with Gasteiger partial charge in [-0.25, -0.2) is 18.1 Å². The Balaban J connectivity index is 1.29. The number of benzene rings is 2. The Labute approximate surface area is 235 Å². The molecule has 5 rings (SSSR count). The van der Waals surface area contributed by atoms with Gasteiger partial charge in [0.2, 0.25) is 16.0 Å². The van der Waals surface area contributed by atoms with Crippen LogP contribution in [0.1, 0.15) is 51.5 Å². The normalized spacial score (nSPS) is 18.5. The summed E-state index contributed by atoms with van der Waals surface area (Å²) in [5.74, 6) is 1.04. The number of fused-ring (bicyclic) bond motifs is 1. The van der Waals surface area contributed by atoms with Crippen LogP contribution in [0.5, 0.6) is 0 Å². The second-order valence-corrected chi connectivity index (χ2v) is 12.2. The predicted molar refractivity (Wildman–Crippen MR) is 157 cm³/mol. The summed E-state index contributed by atoms with van der Waals surface area (Å²) in [5, 5.41) is 16.6. The molecule has 1 aliphatic rings. The molecular weight excluding hydrogens is 526 g/mol. The van der Waals surface area contributed by atoms with Gasteiger partial charge in [-0.1, -0.05) is 30.3 Å². The quantitative estimate of drug-likeness (QED) is 0.208. The zero-order valence-electron chi connectivity index (χ0n) is 22.9. The summed E-state index contributed by atoms with van der Waals surface area (Å²) in [5.41, 5.74) is 3.22. The van der Waals surface area contributed by atoms with Gasteiger partial charge < -0.3 is 20.3 Å².